The summed E-state index contributed by atoms with van der Waals surface area (Å²) in [6.45, 7) is 7.25. The number of para-hydroxylation sites is 1. The third-order valence-electron chi connectivity index (χ3n) is 2.98. The first kappa shape index (κ1) is 16.8. The van der Waals surface area contributed by atoms with Crippen LogP contribution in [0, 0.1) is 0 Å². The lowest BCUT2D eigenvalue weighted by Crippen LogP contribution is -2.34. The summed E-state index contributed by atoms with van der Waals surface area (Å²) in [6, 6.07) is 7.04. The van der Waals surface area contributed by atoms with Crippen LogP contribution in [0.15, 0.2) is 24.3 Å². The highest BCUT2D eigenvalue weighted by atomic mass is 35.5. The van der Waals surface area contributed by atoms with Crippen molar-refractivity contribution < 1.29 is 9.53 Å². The molecule has 1 aromatic carbocycles. The summed E-state index contributed by atoms with van der Waals surface area (Å²) in [5.41, 5.74) is 0.799. The molecular weight excluding hydrogens is 323 g/mol. The average molecular weight is 341 g/mol. The molecule has 2 rings (SSSR count). The Balaban J connectivity index is 2.26. The van der Waals surface area contributed by atoms with E-state index in [0.29, 0.717) is 21.3 Å². The van der Waals surface area contributed by atoms with Crippen LogP contribution in [0.5, 0.6) is 0 Å². The van der Waals surface area contributed by atoms with E-state index in [1.54, 1.807) is 6.07 Å². The van der Waals surface area contributed by atoms with E-state index >= 15 is 0 Å². The van der Waals surface area contributed by atoms with E-state index in [2.05, 4.69) is 10.3 Å². The number of rotatable bonds is 2. The van der Waals surface area contributed by atoms with Gasteiger partial charge in [0.05, 0.1) is 16.6 Å². The zero-order chi connectivity index (χ0) is 16.5. The maximum atomic E-state index is 11.9. The fraction of sp³-hybridized carbons (Fsp3) is 0.375. The summed E-state index contributed by atoms with van der Waals surface area (Å²) in [5.74, 6) is 0. The molecule has 0 fully saturated rings. The first-order chi connectivity index (χ1) is 10.2. The minimum atomic E-state index is -0.553. The molecule has 0 saturated heterocycles. The molecule has 0 radical (unpaired) electrons. The normalized spacial score (nSPS) is 13.0. The molecule has 0 aliphatic rings. The zero-order valence-electron chi connectivity index (χ0n) is 12.9. The van der Waals surface area contributed by atoms with Gasteiger partial charge in [0, 0.05) is 10.9 Å². The zero-order valence-corrected chi connectivity index (χ0v) is 14.4. The van der Waals surface area contributed by atoms with Gasteiger partial charge < -0.3 is 10.1 Å². The van der Waals surface area contributed by atoms with Gasteiger partial charge in [0.25, 0.3) is 0 Å². The molecule has 1 heterocycles. The van der Waals surface area contributed by atoms with Gasteiger partial charge in [-0.1, -0.05) is 35.3 Å². The van der Waals surface area contributed by atoms with Crippen LogP contribution >= 0.6 is 23.2 Å². The van der Waals surface area contributed by atoms with Crippen LogP contribution in [-0.2, 0) is 4.74 Å². The second-order valence-corrected chi connectivity index (χ2v) is 6.81. The number of benzene rings is 1. The molecule has 0 aliphatic carbocycles. The number of pyridine rings is 1. The number of carbonyl (C=O) groups excluding carboxylic acids is 1. The maximum absolute atomic E-state index is 11.9. The number of alkyl carbamates (subject to hydrolysis) is 1. The van der Waals surface area contributed by atoms with Crippen LogP contribution < -0.4 is 5.32 Å². The summed E-state index contributed by atoms with van der Waals surface area (Å²) in [7, 11) is 0. The fourth-order valence-electron chi connectivity index (χ4n) is 2.02. The van der Waals surface area contributed by atoms with Gasteiger partial charge in [-0.05, 0) is 39.8 Å². The van der Waals surface area contributed by atoms with Gasteiger partial charge >= 0.3 is 6.09 Å². The number of nitrogens with one attached hydrogen (secondary N) is 1. The van der Waals surface area contributed by atoms with Gasteiger partial charge in [0.1, 0.15) is 10.8 Å². The number of carbonyl (C=O) groups is 1. The molecule has 1 atom stereocenters. The van der Waals surface area contributed by atoms with Crippen molar-refractivity contribution in [2.24, 2.45) is 0 Å². The van der Waals surface area contributed by atoms with Crippen molar-refractivity contribution in [3.8, 4) is 0 Å². The van der Waals surface area contributed by atoms with Crippen molar-refractivity contribution in [1.82, 2.24) is 10.3 Å². The van der Waals surface area contributed by atoms with Crippen LogP contribution in [0.1, 0.15) is 39.3 Å². The predicted molar refractivity (Wildman–Crippen MR) is 89.5 cm³/mol. The highest BCUT2D eigenvalue weighted by Crippen LogP contribution is 2.29. The van der Waals surface area contributed by atoms with Gasteiger partial charge in [-0.2, -0.15) is 0 Å². The number of fused-ring (bicyclic) bond motifs is 1. The van der Waals surface area contributed by atoms with E-state index in [4.69, 9.17) is 27.9 Å². The van der Waals surface area contributed by atoms with Crippen LogP contribution in [-0.4, -0.2) is 16.7 Å². The van der Waals surface area contributed by atoms with Crippen LogP contribution in [0.3, 0.4) is 0 Å². The summed E-state index contributed by atoms with van der Waals surface area (Å²) in [5, 5.41) is 4.47. The minimum absolute atomic E-state index is 0.309. The molecule has 1 N–H and O–H groups in total. The van der Waals surface area contributed by atoms with Gasteiger partial charge in [0.2, 0.25) is 0 Å². The van der Waals surface area contributed by atoms with Crippen LogP contribution in [0.4, 0.5) is 4.79 Å². The lowest BCUT2D eigenvalue weighted by Gasteiger charge is -2.22. The van der Waals surface area contributed by atoms with E-state index in [0.717, 1.165) is 5.39 Å². The fourth-order valence-corrected chi connectivity index (χ4v) is 2.55. The van der Waals surface area contributed by atoms with Crippen LogP contribution in [0.2, 0.25) is 10.2 Å². The maximum Gasteiger partial charge on any atom is 0.408 e. The van der Waals surface area contributed by atoms with Crippen molar-refractivity contribution in [3.05, 3.63) is 40.0 Å². The van der Waals surface area contributed by atoms with Crippen molar-refractivity contribution in [1.29, 1.82) is 0 Å². The van der Waals surface area contributed by atoms with Crippen molar-refractivity contribution >= 4 is 40.2 Å². The first-order valence-corrected chi connectivity index (χ1v) is 7.67. The topological polar surface area (TPSA) is 51.2 Å². The Morgan fingerprint density at radius 3 is 2.64 bits per heavy atom. The number of ether oxygens (including phenoxy) is 1. The number of amides is 1. The largest absolute Gasteiger partial charge is 0.444 e. The summed E-state index contributed by atoms with van der Waals surface area (Å²) >= 11 is 12.3. The second kappa shape index (κ2) is 6.31. The molecule has 118 valence electrons. The predicted octanol–water partition coefficient (Wildman–Crippen LogP) is 5.13. The molecular formula is C16H18Cl2N2O2. The molecule has 0 aliphatic heterocycles. The third-order valence-corrected chi connectivity index (χ3v) is 3.58. The SMILES string of the molecule is CC(NC(=O)OC(C)(C)C)c1cc2cccc(Cl)c2nc1Cl. The van der Waals surface area contributed by atoms with Crippen molar-refractivity contribution in [2.45, 2.75) is 39.3 Å². The van der Waals surface area contributed by atoms with E-state index in [1.165, 1.54) is 0 Å². The van der Waals surface area contributed by atoms with E-state index < -0.39 is 11.7 Å². The second-order valence-electron chi connectivity index (χ2n) is 6.05. The smallest absolute Gasteiger partial charge is 0.408 e. The Morgan fingerprint density at radius 1 is 1.32 bits per heavy atom. The summed E-state index contributed by atoms with van der Waals surface area (Å²) in [6.07, 6.45) is -0.498. The number of hydrogen-bond acceptors (Lipinski definition) is 3. The molecule has 0 spiro atoms. The Kier molecular flexibility index (Phi) is 4.83. The number of halogens is 2. The average Bonchev–Trinajstić information content (AvgIpc) is 2.36. The molecule has 2 aromatic rings. The van der Waals surface area contributed by atoms with E-state index in [1.807, 2.05) is 45.9 Å². The monoisotopic (exact) mass is 340 g/mol. The Bertz CT molecular complexity index is 711. The molecule has 1 amide bonds. The Morgan fingerprint density at radius 2 is 2.00 bits per heavy atom. The van der Waals surface area contributed by atoms with Crippen molar-refractivity contribution in [2.75, 3.05) is 0 Å². The lowest BCUT2D eigenvalue weighted by molar-refractivity contribution is 0.0508. The van der Waals surface area contributed by atoms with E-state index in [9.17, 15) is 4.79 Å². The standard InChI is InChI=1S/C16H18Cl2N2O2/c1-9(19-15(21)22-16(2,3)4)11-8-10-6-5-7-12(17)13(10)20-14(11)18/h5-9H,1-4H3,(H,19,21). The Labute approximate surface area is 139 Å². The first-order valence-electron chi connectivity index (χ1n) is 6.91. The highest BCUT2D eigenvalue weighted by Gasteiger charge is 2.20. The van der Waals surface area contributed by atoms with Gasteiger partial charge in [0.15, 0.2) is 0 Å². The quantitative estimate of drug-likeness (QED) is 0.771. The molecule has 6 heteroatoms. The molecule has 0 bridgehead atoms. The van der Waals surface area contributed by atoms with Gasteiger partial charge in [-0.3, -0.25) is 0 Å². The third kappa shape index (κ3) is 4.02. The summed E-state index contributed by atoms with van der Waals surface area (Å²) < 4.78 is 5.24. The molecule has 0 saturated carbocycles. The highest BCUT2D eigenvalue weighted by molar-refractivity contribution is 6.35. The lowest BCUT2D eigenvalue weighted by atomic mass is 10.1. The minimum Gasteiger partial charge on any atom is -0.444 e. The molecule has 22 heavy (non-hydrogen) atoms. The van der Waals surface area contributed by atoms with Gasteiger partial charge in [-0.25, -0.2) is 9.78 Å². The molecule has 1 aromatic heterocycles. The number of nitrogens with zero attached hydrogens (tertiary/aromatic N) is 1. The Hall–Kier alpha value is -1.52. The van der Waals surface area contributed by atoms with E-state index in [-0.39, 0.29) is 6.04 Å². The number of hydrogen-bond donors (Lipinski definition) is 1. The van der Waals surface area contributed by atoms with Gasteiger partial charge in [-0.15, -0.1) is 0 Å². The van der Waals surface area contributed by atoms with Crippen LogP contribution in [0.25, 0.3) is 10.9 Å². The number of aromatic nitrogens is 1. The van der Waals surface area contributed by atoms with Crippen molar-refractivity contribution in [3.63, 3.8) is 0 Å². The molecule has 1 unspecified atom stereocenters. The summed E-state index contributed by atoms with van der Waals surface area (Å²) in [4.78, 5) is 16.2. The molecule has 4 nitrogen and oxygen atoms in total.